The van der Waals surface area contributed by atoms with Gasteiger partial charge in [-0.25, -0.2) is 4.79 Å². The van der Waals surface area contributed by atoms with Crippen molar-refractivity contribution in [2.75, 3.05) is 41.0 Å². The van der Waals surface area contributed by atoms with Crippen molar-refractivity contribution < 1.29 is 38.2 Å². The van der Waals surface area contributed by atoms with Crippen molar-refractivity contribution in [1.82, 2.24) is 0 Å². The lowest BCUT2D eigenvalue weighted by atomic mass is 10.0. The molecule has 1 N–H and O–H groups in total. The van der Waals surface area contributed by atoms with E-state index >= 15 is 0 Å². The number of likely N-dealkylation sites (N-methyl/N-ethyl adjacent to an activating group) is 1. The molecule has 2 atom stereocenters. The number of ether oxygens (including phenoxy) is 3. The lowest BCUT2D eigenvalue weighted by molar-refractivity contribution is -0.887. The van der Waals surface area contributed by atoms with Crippen LogP contribution >= 0.6 is 0 Å². The van der Waals surface area contributed by atoms with Crippen LogP contribution in [0.15, 0.2) is 85.1 Å². The lowest BCUT2D eigenvalue weighted by Crippen LogP contribution is -2.50. The fraction of sp³-hybridized carbons (Fsp3) is 0.721. The molecule has 0 saturated carbocycles. The summed E-state index contributed by atoms with van der Waals surface area (Å²) in [6, 6.07) is -0.627. The van der Waals surface area contributed by atoms with Gasteiger partial charge < -0.3 is 23.8 Å². The monoisotopic (exact) mass is 965 g/mol. The third kappa shape index (κ3) is 49.3. The standard InChI is InChI=1S/C61H105NO7/c1-6-8-10-12-14-16-18-20-22-24-26-28-30-32-33-35-37-39-41-43-45-47-49-51-59(63)68-56-57(55-67-54-53-58(61(65)66)62(3,4)5)69-60(64)52-50-48-46-44-42-40-38-36-34-31-29-27-25-23-21-19-17-15-13-11-9-7-2/h8,10,14,16,20,22,26,28,32-33,37,39,43,45,57-58H,6-7,9,11-13,15,17-19,21,23-25,27,29-31,34-36,38,40-42,44,46-56H2,1-5H3/p+1/b10-8+,16-14+,22-20+,28-26+,33-32+,39-37+,45-43+. The molecule has 0 fully saturated rings. The van der Waals surface area contributed by atoms with Crippen molar-refractivity contribution in [2.45, 2.75) is 244 Å². The average Bonchev–Trinajstić information content (AvgIpc) is 3.31. The number of carbonyl (C=O) groups is 3. The normalized spacial score (nSPS) is 13.5. The van der Waals surface area contributed by atoms with Crippen LogP contribution in [0.3, 0.4) is 0 Å². The first-order valence-corrected chi connectivity index (χ1v) is 28.1. The van der Waals surface area contributed by atoms with Gasteiger partial charge in [0.15, 0.2) is 12.1 Å². The lowest BCUT2D eigenvalue weighted by Gasteiger charge is -2.31. The van der Waals surface area contributed by atoms with E-state index in [1.165, 1.54) is 122 Å². The molecule has 0 aromatic heterocycles. The number of carboxylic acid groups (broad SMARTS) is 1. The van der Waals surface area contributed by atoms with Gasteiger partial charge in [-0.15, -0.1) is 0 Å². The molecule has 0 radical (unpaired) electrons. The molecule has 0 aliphatic rings. The zero-order valence-corrected chi connectivity index (χ0v) is 45.2. The molecule has 0 amide bonds. The first-order valence-electron chi connectivity index (χ1n) is 28.1. The fourth-order valence-corrected chi connectivity index (χ4v) is 8.02. The Morgan fingerprint density at radius 2 is 0.812 bits per heavy atom. The molecule has 0 aromatic carbocycles. The van der Waals surface area contributed by atoms with Gasteiger partial charge in [-0.1, -0.05) is 234 Å². The highest BCUT2D eigenvalue weighted by Crippen LogP contribution is 2.16. The van der Waals surface area contributed by atoms with E-state index in [0.717, 1.165) is 70.6 Å². The van der Waals surface area contributed by atoms with E-state index < -0.39 is 18.1 Å². The van der Waals surface area contributed by atoms with Crippen molar-refractivity contribution in [1.29, 1.82) is 0 Å². The van der Waals surface area contributed by atoms with Crippen LogP contribution in [0.25, 0.3) is 0 Å². The summed E-state index contributed by atoms with van der Waals surface area (Å²) in [6.45, 7) is 4.59. The minimum Gasteiger partial charge on any atom is -0.477 e. The minimum atomic E-state index is -0.883. The van der Waals surface area contributed by atoms with Gasteiger partial charge in [0.05, 0.1) is 34.4 Å². The van der Waals surface area contributed by atoms with Gasteiger partial charge in [-0.05, 0) is 64.2 Å². The van der Waals surface area contributed by atoms with Crippen LogP contribution in [0.1, 0.15) is 232 Å². The predicted octanol–water partition coefficient (Wildman–Crippen LogP) is 16.8. The Labute approximate surface area is 424 Å². The van der Waals surface area contributed by atoms with Crippen LogP contribution in [0, 0.1) is 0 Å². The second-order valence-electron chi connectivity index (χ2n) is 19.8. The Hall–Kier alpha value is -3.49. The molecule has 8 heteroatoms. The summed E-state index contributed by atoms with van der Waals surface area (Å²) in [5.41, 5.74) is 0. The third-order valence-electron chi connectivity index (χ3n) is 12.3. The smallest absolute Gasteiger partial charge is 0.362 e. The van der Waals surface area contributed by atoms with Crippen molar-refractivity contribution >= 4 is 17.9 Å². The first-order chi connectivity index (χ1) is 33.6. The molecule has 8 nitrogen and oxygen atoms in total. The molecule has 0 aromatic rings. The summed E-state index contributed by atoms with van der Waals surface area (Å²) in [5.74, 6) is -1.54. The molecule has 0 aliphatic carbocycles. The van der Waals surface area contributed by atoms with E-state index in [-0.39, 0.29) is 42.7 Å². The van der Waals surface area contributed by atoms with E-state index in [2.05, 4.69) is 98.9 Å². The highest BCUT2D eigenvalue weighted by atomic mass is 16.6. The van der Waals surface area contributed by atoms with E-state index in [1.807, 2.05) is 21.1 Å². The number of hydrogen-bond donors (Lipinski definition) is 1. The second-order valence-corrected chi connectivity index (χ2v) is 19.8. The maximum Gasteiger partial charge on any atom is 0.362 e. The average molecular weight is 966 g/mol. The molecule has 396 valence electrons. The summed E-state index contributed by atoms with van der Waals surface area (Å²) in [6.07, 6.45) is 68.0. The molecule has 0 saturated heterocycles. The second kappa shape index (κ2) is 50.9. The molecular weight excluding hydrogens is 859 g/mol. The predicted molar refractivity (Wildman–Crippen MR) is 293 cm³/mol. The SMILES string of the molecule is CC/C=C/C/C=C/C/C=C/C/C=C/C/C=C/C/C=C/C/C=C/CCCC(=O)OCC(COCCC(C(=O)O)[N+](C)(C)C)OC(=O)CCCCCCCCCCCCCCCCCCCCCCCC. The zero-order valence-electron chi connectivity index (χ0n) is 45.2. The number of rotatable bonds is 50. The summed E-state index contributed by atoms with van der Waals surface area (Å²) in [4.78, 5) is 37.2. The van der Waals surface area contributed by atoms with E-state index in [0.29, 0.717) is 19.3 Å². The molecule has 69 heavy (non-hydrogen) atoms. The van der Waals surface area contributed by atoms with E-state index in [1.54, 1.807) is 0 Å². The highest BCUT2D eigenvalue weighted by Gasteiger charge is 2.31. The number of nitrogens with zero attached hydrogens (tertiary/aromatic N) is 1. The molecular formula is C61H106NO7+. The van der Waals surface area contributed by atoms with Crippen LogP contribution in [0.4, 0.5) is 0 Å². The topological polar surface area (TPSA) is 99.1 Å². The number of carbonyl (C=O) groups excluding carboxylic acids is 2. The Balaban J connectivity index is 4.29. The summed E-state index contributed by atoms with van der Waals surface area (Å²) in [5, 5.41) is 9.67. The van der Waals surface area contributed by atoms with Gasteiger partial charge in [-0.2, -0.15) is 0 Å². The van der Waals surface area contributed by atoms with Crippen LogP contribution in [0.2, 0.25) is 0 Å². The summed E-state index contributed by atoms with van der Waals surface area (Å²) in [7, 11) is 5.52. The number of carboxylic acids is 1. The zero-order chi connectivity index (χ0) is 50.6. The van der Waals surface area contributed by atoms with Crippen molar-refractivity contribution in [3.8, 4) is 0 Å². The van der Waals surface area contributed by atoms with Gasteiger partial charge in [0.25, 0.3) is 0 Å². The maximum absolute atomic E-state index is 12.8. The maximum atomic E-state index is 12.8. The molecule has 0 bridgehead atoms. The fourth-order valence-electron chi connectivity index (χ4n) is 8.02. The van der Waals surface area contributed by atoms with Gasteiger partial charge >= 0.3 is 17.9 Å². The van der Waals surface area contributed by atoms with Crippen molar-refractivity contribution in [2.24, 2.45) is 0 Å². The number of allylic oxidation sites excluding steroid dienone is 14. The Kier molecular flexibility index (Phi) is 48.3. The van der Waals surface area contributed by atoms with Crippen molar-refractivity contribution in [3.05, 3.63) is 85.1 Å². The van der Waals surface area contributed by atoms with Crippen LogP contribution < -0.4 is 0 Å². The number of aliphatic carboxylic acids is 1. The summed E-state index contributed by atoms with van der Waals surface area (Å²) < 4.78 is 17.3. The molecule has 0 aliphatic heterocycles. The Morgan fingerprint density at radius 1 is 0.449 bits per heavy atom. The number of quaternary nitrogens is 1. The number of hydrogen-bond acceptors (Lipinski definition) is 6. The van der Waals surface area contributed by atoms with Crippen LogP contribution in [0.5, 0.6) is 0 Å². The third-order valence-corrected chi connectivity index (χ3v) is 12.3. The van der Waals surface area contributed by atoms with Gasteiger partial charge in [0.1, 0.15) is 6.61 Å². The number of unbranched alkanes of at least 4 members (excludes halogenated alkanes) is 22. The first kappa shape index (κ1) is 65.5. The van der Waals surface area contributed by atoms with E-state index in [4.69, 9.17) is 14.2 Å². The molecule has 2 unspecified atom stereocenters. The van der Waals surface area contributed by atoms with Gasteiger partial charge in [0.2, 0.25) is 0 Å². The molecule has 0 heterocycles. The molecule has 0 rings (SSSR count). The molecule has 0 spiro atoms. The van der Waals surface area contributed by atoms with Gasteiger partial charge in [-0.3, -0.25) is 9.59 Å². The van der Waals surface area contributed by atoms with E-state index in [9.17, 15) is 19.5 Å². The highest BCUT2D eigenvalue weighted by molar-refractivity contribution is 5.72. The quantitative estimate of drug-likeness (QED) is 0.0281. The van der Waals surface area contributed by atoms with Crippen LogP contribution in [-0.4, -0.2) is 80.6 Å². The number of esters is 2. The van der Waals surface area contributed by atoms with Crippen LogP contribution in [-0.2, 0) is 28.6 Å². The summed E-state index contributed by atoms with van der Waals surface area (Å²) >= 11 is 0. The Bertz CT molecular complexity index is 1400. The largest absolute Gasteiger partial charge is 0.477 e. The van der Waals surface area contributed by atoms with Gasteiger partial charge in [0, 0.05) is 19.3 Å². The Morgan fingerprint density at radius 3 is 1.19 bits per heavy atom. The van der Waals surface area contributed by atoms with Crippen molar-refractivity contribution in [3.63, 3.8) is 0 Å². The minimum absolute atomic E-state index is 0.0409.